The molecule has 1 aliphatic heterocycles. The Balaban J connectivity index is 1.95. The van der Waals surface area contributed by atoms with Crippen LogP contribution < -0.4 is 19.5 Å². The van der Waals surface area contributed by atoms with Crippen LogP contribution in [0.25, 0.3) is 0 Å². The zero-order valence-electron chi connectivity index (χ0n) is 16.5. The summed E-state index contributed by atoms with van der Waals surface area (Å²) in [5.41, 5.74) is 0.805. The molecule has 0 radical (unpaired) electrons. The lowest BCUT2D eigenvalue weighted by atomic mass is 10.1. The van der Waals surface area contributed by atoms with E-state index in [4.69, 9.17) is 14.2 Å². The first kappa shape index (κ1) is 20.8. The molecule has 0 unspecified atom stereocenters. The number of carbonyl (C=O) groups excluding carboxylic acids is 2. The Morgan fingerprint density at radius 1 is 1.00 bits per heavy atom. The Bertz CT molecular complexity index is 632. The van der Waals surface area contributed by atoms with E-state index in [1.165, 1.54) is 0 Å². The van der Waals surface area contributed by atoms with Gasteiger partial charge in [-0.15, -0.1) is 0 Å². The van der Waals surface area contributed by atoms with Crippen LogP contribution in [-0.4, -0.2) is 82.2 Å². The zero-order valence-corrected chi connectivity index (χ0v) is 16.5. The monoisotopic (exact) mass is 379 g/mol. The fraction of sp³-hybridized carbons (Fsp3) is 0.579. The first-order chi connectivity index (χ1) is 13.0. The highest BCUT2D eigenvalue weighted by Gasteiger charge is 2.23. The quantitative estimate of drug-likeness (QED) is 0.710. The molecule has 27 heavy (non-hydrogen) atoms. The van der Waals surface area contributed by atoms with Crippen LogP contribution in [0.2, 0.25) is 0 Å². The van der Waals surface area contributed by atoms with Crippen molar-refractivity contribution in [2.24, 2.45) is 0 Å². The second kappa shape index (κ2) is 10.0. The molecule has 1 fully saturated rings. The first-order valence-corrected chi connectivity index (χ1v) is 9.08. The van der Waals surface area contributed by atoms with Crippen molar-refractivity contribution in [1.82, 2.24) is 15.1 Å². The Hall–Kier alpha value is -2.48. The Morgan fingerprint density at radius 2 is 1.59 bits per heavy atom. The molecule has 0 bridgehead atoms. The number of amides is 2. The molecule has 0 spiro atoms. The van der Waals surface area contributed by atoms with Gasteiger partial charge in [0.1, 0.15) is 0 Å². The number of piperazine rings is 1. The van der Waals surface area contributed by atoms with Gasteiger partial charge >= 0.3 is 0 Å². The van der Waals surface area contributed by atoms with Gasteiger partial charge in [-0.3, -0.25) is 14.5 Å². The summed E-state index contributed by atoms with van der Waals surface area (Å²) < 4.78 is 16.0. The number of rotatable bonds is 8. The summed E-state index contributed by atoms with van der Waals surface area (Å²) >= 11 is 0. The van der Waals surface area contributed by atoms with Crippen molar-refractivity contribution in [3.63, 3.8) is 0 Å². The van der Waals surface area contributed by atoms with Crippen molar-refractivity contribution in [2.45, 2.75) is 13.3 Å². The molecule has 0 aromatic heterocycles. The molecule has 8 heteroatoms. The maximum Gasteiger partial charge on any atom is 0.234 e. The molecule has 1 heterocycles. The minimum atomic E-state index is 0.0229. The number of nitrogens with one attached hydrogen (secondary N) is 1. The van der Waals surface area contributed by atoms with Crippen LogP contribution in [0.15, 0.2) is 12.1 Å². The number of nitrogens with zero attached hydrogens (tertiary/aromatic N) is 2. The Morgan fingerprint density at radius 3 is 2.07 bits per heavy atom. The van der Waals surface area contributed by atoms with Gasteiger partial charge in [-0.25, -0.2) is 0 Å². The van der Waals surface area contributed by atoms with E-state index in [0.29, 0.717) is 56.5 Å². The van der Waals surface area contributed by atoms with E-state index in [-0.39, 0.29) is 18.2 Å². The van der Waals surface area contributed by atoms with Crippen molar-refractivity contribution in [3.8, 4) is 17.2 Å². The number of hydrogen-bond acceptors (Lipinski definition) is 6. The van der Waals surface area contributed by atoms with Crippen LogP contribution in [0.1, 0.15) is 12.5 Å². The molecular formula is C19H29N3O5. The van der Waals surface area contributed by atoms with E-state index in [2.05, 4.69) is 10.2 Å². The largest absolute Gasteiger partial charge is 0.493 e. The average molecular weight is 379 g/mol. The molecule has 0 aliphatic carbocycles. The third-order valence-electron chi connectivity index (χ3n) is 4.55. The molecule has 2 amide bonds. The van der Waals surface area contributed by atoms with Crippen LogP contribution >= 0.6 is 0 Å². The van der Waals surface area contributed by atoms with Gasteiger partial charge in [0.05, 0.1) is 34.3 Å². The third kappa shape index (κ3) is 5.50. The lowest BCUT2D eigenvalue weighted by molar-refractivity contribution is -0.132. The van der Waals surface area contributed by atoms with E-state index < -0.39 is 0 Å². The predicted molar refractivity (Wildman–Crippen MR) is 102 cm³/mol. The smallest absolute Gasteiger partial charge is 0.234 e. The lowest BCUT2D eigenvalue weighted by Crippen LogP contribution is -2.51. The topological polar surface area (TPSA) is 80.3 Å². The molecule has 1 aromatic carbocycles. The van der Waals surface area contributed by atoms with Gasteiger partial charge in [0.15, 0.2) is 11.5 Å². The molecule has 1 aromatic rings. The molecule has 1 N–H and O–H groups in total. The van der Waals surface area contributed by atoms with Crippen molar-refractivity contribution in [2.75, 3.05) is 60.6 Å². The molecule has 150 valence electrons. The van der Waals surface area contributed by atoms with Crippen molar-refractivity contribution in [1.29, 1.82) is 0 Å². The Kier molecular flexibility index (Phi) is 7.72. The second-order valence-electron chi connectivity index (χ2n) is 6.32. The van der Waals surface area contributed by atoms with E-state index in [1.807, 2.05) is 11.8 Å². The summed E-state index contributed by atoms with van der Waals surface area (Å²) in [4.78, 5) is 28.2. The minimum Gasteiger partial charge on any atom is -0.493 e. The van der Waals surface area contributed by atoms with Gasteiger partial charge in [0.2, 0.25) is 17.6 Å². The molecular weight excluding hydrogens is 350 g/mol. The van der Waals surface area contributed by atoms with Gasteiger partial charge in [-0.2, -0.15) is 0 Å². The van der Waals surface area contributed by atoms with Crippen molar-refractivity contribution >= 4 is 11.8 Å². The summed E-state index contributed by atoms with van der Waals surface area (Å²) in [5.74, 6) is 1.64. The van der Waals surface area contributed by atoms with Gasteiger partial charge in [-0.1, -0.05) is 0 Å². The van der Waals surface area contributed by atoms with E-state index >= 15 is 0 Å². The first-order valence-electron chi connectivity index (χ1n) is 9.08. The minimum absolute atomic E-state index is 0.0229. The average Bonchev–Trinajstić information content (AvgIpc) is 2.67. The number of hydrogen-bond donors (Lipinski definition) is 1. The third-order valence-corrected chi connectivity index (χ3v) is 4.55. The van der Waals surface area contributed by atoms with Gasteiger partial charge in [-0.05, 0) is 24.6 Å². The summed E-state index contributed by atoms with van der Waals surface area (Å²) in [6, 6.07) is 3.59. The number of carbonyl (C=O) groups is 2. The summed E-state index contributed by atoms with van der Waals surface area (Å²) in [6.07, 6.45) is 0.257. The van der Waals surface area contributed by atoms with E-state index in [9.17, 15) is 9.59 Å². The van der Waals surface area contributed by atoms with Crippen LogP contribution in [-0.2, 0) is 16.0 Å². The molecule has 8 nitrogen and oxygen atoms in total. The van der Waals surface area contributed by atoms with Crippen molar-refractivity contribution in [3.05, 3.63) is 17.7 Å². The molecule has 1 saturated heterocycles. The SMILES string of the molecule is CCNC(=O)CN1CCN(C(=O)Cc2cc(OC)c(OC)c(OC)c2)CC1. The molecule has 1 aliphatic rings. The molecule has 0 atom stereocenters. The number of benzene rings is 1. The van der Waals surface area contributed by atoms with Crippen LogP contribution in [0.4, 0.5) is 0 Å². The highest BCUT2D eigenvalue weighted by molar-refractivity contribution is 5.80. The highest BCUT2D eigenvalue weighted by atomic mass is 16.5. The molecule has 0 saturated carbocycles. The maximum atomic E-state index is 12.7. The normalized spacial score (nSPS) is 14.6. The lowest BCUT2D eigenvalue weighted by Gasteiger charge is -2.34. The summed E-state index contributed by atoms with van der Waals surface area (Å²) in [6.45, 7) is 5.52. The van der Waals surface area contributed by atoms with E-state index in [0.717, 1.165) is 5.56 Å². The standard InChI is InChI=1S/C19H29N3O5/c1-5-20-17(23)13-21-6-8-22(9-7-21)18(24)12-14-10-15(25-2)19(27-4)16(11-14)26-3/h10-11H,5-9,12-13H2,1-4H3,(H,20,23). The fourth-order valence-corrected chi connectivity index (χ4v) is 3.14. The number of methoxy groups -OCH3 is 3. The maximum absolute atomic E-state index is 12.7. The summed E-state index contributed by atoms with van der Waals surface area (Å²) in [5, 5.41) is 2.80. The van der Waals surface area contributed by atoms with Gasteiger partial charge in [0, 0.05) is 32.7 Å². The van der Waals surface area contributed by atoms with Crippen LogP contribution in [0.5, 0.6) is 17.2 Å². The number of ether oxygens (including phenoxy) is 3. The van der Waals surface area contributed by atoms with Crippen molar-refractivity contribution < 1.29 is 23.8 Å². The highest BCUT2D eigenvalue weighted by Crippen LogP contribution is 2.38. The number of likely N-dealkylation sites (N-methyl/N-ethyl adjacent to an activating group) is 1. The molecule has 2 rings (SSSR count). The van der Waals surface area contributed by atoms with Gasteiger partial charge in [0.25, 0.3) is 0 Å². The van der Waals surface area contributed by atoms with Crippen LogP contribution in [0, 0.1) is 0 Å². The fourth-order valence-electron chi connectivity index (χ4n) is 3.14. The zero-order chi connectivity index (χ0) is 19.8. The second-order valence-corrected chi connectivity index (χ2v) is 6.32. The predicted octanol–water partition coefficient (Wildman–Crippen LogP) is 0.535. The Labute approximate surface area is 160 Å². The van der Waals surface area contributed by atoms with Gasteiger partial charge < -0.3 is 24.4 Å². The van der Waals surface area contributed by atoms with Crippen LogP contribution in [0.3, 0.4) is 0 Å². The summed E-state index contributed by atoms with van der Waals surface area (Å²) in [7, 11) is 4.65. The van der Waals surface area contributed by atoms with E-state index in [1.54, 1.807) is 33.5 Å².